The van der Waals surface area contributed by atoms with Crippen LogP contribution in [-0.4, -0.2) is 25.7 Å². The molecule has 0 fully saturated rings. The van der Waals surface area contributed by atoms with Crippen LogP contribution in [0.25, 0.3) is 17.0 Å². The highest BCUT2D eigenvalue weighted by molar-refractivity contribution is 9.10. The average molecular weight is 318 g/mol. The molecule has 19 heavy (non-hydrogen) atoms. The third-order valence-electron chi connectivity index (χ3n) is 2.77. The van der Waals surface area contributed by atoms with Crippen LogP contribution in [0.15, 0.2) is 47.1 Å². The van der Waals surface area contributed by atoms with Crippen molar-refractivity contribution in [3.8, 4) is 11.4 Å². The highest BCUT2D eigenvalue weighted by Crippen LogP contribution is 2.23. The molecule has 0 atom stereocenters. The molecule has 2 aromatic heterocycles. The van der Waals surface area contributed by atoms with Gasteiger partial charge < -0.3 is 5.11 Å². The Labute approximate surface area is 116 Å². The number of fused-ring (bicyclic) bond motifs is 1. The molecule has 94 valence electrons. The highest BCUT2D eigenvalue weighted by atomic mass is 79.9. The van der Waals surface area contributed by atoms with Crippen LogP contribution in [0.1, 0.15) is 10.4 Å². The molecule has 0 aliphatic carbocycles. The van der Waals surface area contributed by atoms with E-state index in [2.05, 4.69) is 26.1 Å². The number of benzene rings is 1. The standard InChI is InChI=1S/C13H8BrN3O2/c14-8-5-6-17-11(7-8)15-16-12(17)9-3-1-2-4-10(9)13(18)19/h1-7H,(H,18,19). The Morgan fingerprint density at radius 2 is 2.00 bits per heavy atom. The van der Waals surface area contributed by atoms with Crippen LogP contribution in [0.4, 0.5) is 0 Å². The van der Waals surface area contributed by atoms with E-state index in [1.165, 1.54) is 0 Å². The van der Waals surface area contributed by atoms with Crippen molar-refractivity contribution in [1.29, 1.82) is 0 Å². The SMILES string of the molecule is O=C(O)c1ccccc1-c1nnc2cc(Br)ccn12. The number of carboxylic acid groups (broad SMARTS) is 1. The molecule has 0 saturated carbocycles. The zero-order chi connectivity index (χ0) is 13.4. The molecule has 3 aromatic rings. The Balaban J connectivity index is 2.28. The molecule has 6 heteroatoms. The summed E-state index contributed by atoms with van der Waals surface area (Å²) in [6.07, 6.45) is 1.80. The number of hydrogen-bond acceptors (Lipinski definition) is 3. The lowest BCUT2D eigenvalue weighted by Crippen LogP contribution is -2.01. The zero-order valence-corrected chi connectivity index (χ0v) is 11.2. The Kier molecular flexibility index (Phi) is 2.79. The topological polar surface area (TPSA) is 67.5 Å². The van der Waals surface area contributed by atoms with E-state index in [1.807, 2.05) is 12.1 Å². The van der Waals surface area contributed by atoms with E-state index in [-0.39, 0.29) is 5.56 Å². The Morgan fingerprint density at radius 3 is 2.79 bits per heavy atom. The largest absolute Gasteiger partial charge is 0.478 e. The number of nitrogens with zero attached hydrogens (tertiary/aromatic N) is 3. The van der Waals surface area contributed by atoms with Crippen LogP contribution >= 0.6 is 15.9 Å². The van der Waals surface area contributed by atoms with Crippen molar-refractivity contribution in [2.24, 2.45) is 0 Å². The molecule has 0 radical (unpaired) electrons. The van der Waals surface area contributed by atoms with E-state index >= 15 is 0 Å². The minimum absolute atomic E-state index is 0.208. The van der Waals surface area contributed by atoms with Gasteiger partial charge in [-0.1, -0.05) is 34.1 Å². The van der Waals surface area contributed by atoms with Gasteiger partial charge in [0.15, 0.2) is 11.5 Å². The first-order valence-corrected chi connectivity index (χ1v) is 6.29. The maximum atomic E-state index is 11.2. The van der Waals surface area contributed by atoms with Crippen molar-refractivity contribution >= 4 is 27.5 Å². The zero-order valence-electron chi connectivity index (χ0n) is 9.62. The van der Waals surface area contributed by atoms with Crippen LogP contribution in [-0.2, 0) is 0 Å². The molecule has 2 heterocycles. The van der Waals surface area contributed by atoms with Crippen molar-refractivity contribution in [2.75, 3.05) is 0 Å². The minimum Gasteiger partial charge on any atom is -0.478 e. The first-order valence-electron chi connectivity index (χ1n) is 5.50. The number of aromatic nitrogens is 3. The Bertz CT molecular complexity index is 782. The number of rotatable bonds is 2. The van der Waals surface area contributed by atoms with Gasteiger partial charge in [0.2, 0.25) is 0 Å². The maximum Gasteiger partial charge on any atom is 0.336 e. The fourth-order valence-electron chi connectivity index (χ4n) is 1.91. The van der Waals surface area contributed by atoms with Crippen molar-refractivity contribution in [3.05, 3.63) is 52.6 Å². The van der Waals surface area contributed by atoms with E-state index in [4.69, 9.17) is 0 Å². The lowest BCUT2D eigenvalue weighted by molar-refractivity contribution is 0.0697. The molecule has 3 rings (SSSR count). The van der Waals surface area contributed by atoms with Gasteiger partial charge in [0.05, 0.1) is 5.56 Å². The molecule has 0 saturated heterocycles. The Hall–Kier alpha value is -2.21. The Morgan fingerprint density at radius 1 is 1.21 bits per heavy atom. The lowest BCUT2D eigenvalue weighted by atomic mass is 10.1. The van der Waals surface area contributed by atoms with Crippen LogP contribution in [0.3, 0.4) is 0 Å². The minimum atomic E-state index is -0.982. The summed E-state index contributed by atoms with van der Waals surface area (Å²) in [4.78, 5) is 11.2. The van der Waals surface area contributed by atoms with Crippen molar-refractivity contribution in [2.45, 2.75) is 0 Å². The predicted molar refractivity (Wildman–Crippen MR) is 73.1 cm³/mol. The third-order valence-corrected chi connectivity index (χ3v) is 3.26. The molecule has 0 amide bonds. The molecule has 0 unspecified atom stereocenters. The van der Waals surface area contributed by atoms with Gasteiger partial charge in [-0.2, -0.15) is 0 Å². The van der Waals surface area contributed by atoms with Gasteiger partial charge in [-0.15, -0.1) is 10.2 Å². The van der Waals surface area contributed by atoms with E-state index in [9.17, 15) is 9.90 Å². The van der Waals surface area contributed by atoms with Gasteiger partial charge >= 0.3 is 5.97 Å². The second-order valence-electron chi connectivity index (χ2n) is 3.95. The smallest absolute Gasteiger partial charge is 0.336 e. The summed E-state index contributed by atoms with van der Waals surface area (Å²) in [6, 6.07) is 10.4. The summed E-state index contributed by atoms with van der Waals surface area (Å²) in [5.74, 6) is -0.468. The van der Waals surface area contributed by atoms with Crippen molar-refractivity contribution in [1.82, 2.24) is 14.6 Å². The summed E-state index contributed by atoms with van der Waals surface area (Å²) in [7, 11) is 0. The molecule has 0 aliphatic heterocycles. The van der Waals surface area contributed by atoms with Crippen molar-refractivity contribution < 1.29 is 9.90 Å². The number of carbonyl (C=O) groups is 1. The number of pyridine rings is 1. The van der Waals surface area contributed by atoms with Gasteiger partial charge in [0.25, 0.3) is 0 Å². The van der Waals surface area contributed by atoms with Gasteiger partial charge in [-0.3, -0.25) is 4.40 Å². The summed E-state index contributed by atoms with van der Waals surface area (Å²) >= 11 is 3.36. The molecule has 0 aliphatic rings. The molecule has 5 nitrogen and oxygen atoms in total. The van der Waals surface area contributed by atoms with Gasteiger partial charge in [-0.25, -0.2) is 4.79 Å². The predicted octanol–water partition coefficient (Wildman–Crippen LogP) is 2.86. The summed E-state index contributed by atoms with van der Waals surface area (Å²) < 4.78 is 2.65. The van der Waals surface area contributed by atoms with E-state index < -0.39 is 5.97 Å². The summed E-state index contributed by atoms with van der Waals surface area (Å²) in [5.41, 5.74) is 1.41. The molecule has 1 aromatic carbocycles. The molecule has 1 N–H and O–H groups in total. The van der Waals surface area contributed by atoms with Gasteiger partial charge in [-0.05, 0) is 18.2 Å². The second kappa shape index (κ2) is 4.47. The highest BCUT2D eigenvalue weighted by Gasteiger charge is 2.15. The number of halogens is 1. The molecule has 0 spiro atoms. The van der Waals surface area contributed by atoms with Crippen molar-refractivity contribution in [3.63, 3.8) is 0 Å². The summed E-state index contributed by atoms with van der Waals surface area (Å²) in [5, 5.41) is 17.3. The maximum absolute atomic E-state index is 11.2. The quantitative estimate of drug-likeness (QED) is 0.789. The third kappa shape index (κ3) is 2.00. The average Bonchev–Trinajstić information content (AvgIpc) is 2.81. The molecular formula is C13H8BrN3O2. The van der Waals surface area contributed by atoms with Crippen LogP contribution in [0.5, 0.6) is 0 Å². The molecule has 0 bridgehead atoms. The van der Waals surface area contributed by atoms with Gasteiger partial charge in [0, 0.05) is 16.2 Å². The number of hydrogen-bond donors (Lipinski definition) is 1. The fraction of sp³-hybridized carbons (Fsp3) is 0. The normalized spacial score (nSPS) is 10.8. The summed E-state index contributed by atoms with van der Waals surface area (Å²) in [6.45, 7) is 0. The van der Waals surface area contributed by atoms with Gasteiger partial charge in [0.1, 0.15) is 0 Å². The number of aromatic carboxylic acids is 1. The second-order valence-corrected chi connectivity index (χ2v) is 4.86. The number of carboxylic acids is 1. The molecular weight excluding hydrogens is 310 g/mol. The van der Waals surface area contributed by atoms with E-state index in [1.54, 1.807) is 34.9 Å². The fourth-order valence-corrected chi connectivity index (χ4v) is 2.24. The lowest BCUT2D eigenvalue weighted by Gasteiger charge is -2.04. The first-order chi connectivity index (χ1) is 9.16. The van der Waals surface area contributed by atoms with Crippen LogP contribution in [0.2, 0.25) is 0 Å². The van der Waals surface area contributed by atoms with Crippen LogP contribution < -0.4 is 0 Å². The van der Waals surface area contributed by atoms with E-state index in [0.29, 0.717) is 17.0 Å². The van der Waals surface area contributed by atoms with Crippen LogP contribution in [0, 0.1) is 0 Å². The first kappa shape index (κ1) is 11.9. The monoisotopic (exact) mass is 317 g/mol. The van der Waals surface area contributed by atoms with E-state index in [0.717, 1.165) is 4.47 Å².